The van der Waals surface area contributed by atoms with Gasteiger partial charge in [-0.05, 0) is 45.2 Å². The van der Waals surface area contributed by atoms with Gasteiger partial charge in [0.15, 0.2) is 0 Å². The molecule has 0 saturated heterocycles. The fourth-order valence-electron chi connectivity index (χ4n) is 2.21. The SMILES string of the molecule is CCNCc1occc1CN(CC1CC1)C(C)C. The van der Waals surface area contributed by atoms with Crippen molar-refractivity contribution in [3.8, 4) is 0 Å². The third-order valence-electron chi connectivity index (χ3n) is 3.67. The number of nitrogens with one attached hydrogen (secondary N) is 1. The first-order chi connectivity index (χ1) is 8.70. The van der Waals surface area contributed by atoms with Crippen molar-refractivity contribution in [2.75, 3.05) is 13.1 Å². The topological polar surface area (TPSA) is 28.4 Å². The van der Waals surface area contributed by atoms with Crippen LogP contribution in [-0.4, -0.2) is 24.0 Å². The maximum atomic E-state index is 5.58. The lowest BCUT2D eigenvalue weighted by Crippen LogP contribution is -2.32. The third kappa shape index (κ3) is 3.85. The smallest absolute Gasteiger partial charge is 0.122 e. The molecule has 1 saturated carbocycles. The van der Waals surface area contributed by atoms with Crippen molar-refractivity contribution >= 4 is 0 Å². The molecule has 0 aliphatic heterocycles. The molecule has 0 atom stereocenters. The molecular formula is C15H26N2O. The van der Waals surface area contributed by atoms with Crippen LogP contribution in [0.2, 0.25) is 0 Å². The summed E-state index contributed by atoms with van der Waals surface area (Å²) in [6, 6.07) is 2.72. The molecule has 1 fully saturated rings. The van der Waals surface area contributed by atoms with Gasteiger partial charge in [-0.1, -0.05) is 6.92 Å². The van der Waals surface area contributed by atoms with Crippen LogP contribution in [0.25, 0.3) is 0 Å². The molecule has 2 rings (SSSR count). The molecule has 1 N–H and O–H groups in total. The van der Waals surface area contributed by atoms with E-state index in [4.69, 9.17) is 4.42 Å². The second kappa shape index (κ2) is 6.39. The second-order valence-electron chi connectivity index (χ2n) is 5.62. The van der Waals surface area contributed by atoms with Crippen molar-refractivity contribution in [2.24, 2.45) is 5.92 Å². The molecule has 1 aliphatic rings. The Balaban J connectivity index is 1.94. The van der Waals surface area contributed by atoms with Crippen LogP contribution in [0.4, 0.5) is 0 Å². The highest BCUT2D eigenvalue weighted by Crippen LogP contribution is 2.31. The van der Waals surface area contributed by atoms with E-state index in [9.17, 15) is 0 Å². The van der Waals surface area contributed by atoms with Crippen LogP contribution < -0.4 is 5.32 Å². The highest BCUT2D eigenvalue weighted by Gasteiger charge is 2.26. The Hall–Kier alpha value is -0.800. The molecule has 1 aromatic heterocycles. The summed E-state index contributed by atoms with van der Waals surface area (Å²) in [6.07, 6.45) is 4.65. The van der Waals surface area contributed by atoms with Gasteiger partial charge in [-0.25, -0.2) is 0 Å². The Kier molecular flexibility index (Phi) is 4.84. The van der Waals surface area contributed by atoms with Gasteiger partial charge in [0.25, 0.3) is 0 Å². The summed E-state index contributed by atoms with van der Waals surface area (Å²) >= 11 is 0. The molecule has 1 aromatic rings. The Morgan fingerprint density at radius 3 is 2.83 bits per heavy atom. The zero-order chi connectivity index (χ0) is 13.0. The summed E-state index contributed by atoms with van der Waals surface area (Å²) in [5.74, 6) is 2.04. The van der Waals surface area contributed by atoms with Crippen LogP contribution >= 0.6 is 0 Å². The standard InChI is InChI=1S/C15H26N2O/c1-4-16-9-15-14(7-8-18-15)11-17(12(2)3)10-13-5-6-13/h7-8,12-13,16H,4-6,9-11H2,1-3H3. The fraction of sp³-hybridized carbons (Fsp3) is 0.733. The molecule has 0 bridgehead atoms. The zero-order valence-electron chi connectivity index (χ0n) is 11.9. The van der Waals surface area contributed by atoms with E-state index >= 15 is 0 Å². The van der Waals surface area contributed by atoms with Crippen LogP contribution in [0.1, 0.15) is 44.9 Å². The number of furan rings is 1. The molecule has 1 aliphatic carbocycles. The van der Waals surface area contributed by atoms with E-state index < -0.39 is 0 Å². The number of rotatable bonds is 8. The van der Waals surface area contributed by atoms with Crippen LogP contribution in [0.5, 0.6) is 0 Å². The molecule has 0 spiro atoms. The minimum absolute atomic E-state index is 0.604. The van der Waals surface area contributed by atoms with Crippen molar-refractivity contribution in [1.29, 1.82) is 0 Å². The molecule has 18 heavy (non-hydrogen) atoms. The van der Waals surface area contributed by atoms with E-state index in [1.54, 1.807) is 0 Å². The van der Waals surface area contributed by atoms with Gasteiger partial charge >= 0.3 is 0 Å². The molecule has 3 nitrogen and oxygen atoms in total. The molecule has 0 radical (unpaired) electrons. The molecule has 0 amide bonds. The monoisotopic (exact) mass is 250 g/mol. The number of nitrogens with zero attached hydrogens (tertiary/aromatic N) is 1. The Labute approximate surface area is 111 Å². The van der Waals surface area contributed by atoms with Gasteiger partial charge in [-0.15, -0.1) is 0 Å². The first kappa shape index (κ1) is 13.6. The first-order valence-electron chi connectivity index (χ1n) is 7.20. The van der Waals surface area contributed by atoms with Crippen molar-refractivity contribution in [2.45, 2.75) is 52.7 Å². The summed E-state index contributed by atoms with van der Waals surface area (Å²) in [6.45, 7) is 10.8. The summed E-state index contributed by atoms with van der Waals surface area (Å²) in [7, 11) is 0. The lowest BCUT2D eigenvalue weighted by Gasteiger charge is -2.26. The highest BCUT2D eigenvalue weighted by atomic mass is 16.3. The largest absolute Gasteiger partial charge is 0.468 e. The van der Waals surface area contributed by atoms with Gasteiger partial charge in [0, 0.05) is 24.7 Å². The molecule has 0 unspecified atom stereocenters. The Morgan fingerprint density at radius 1 is 1.44 bits per heavy atom. The average molecular weight is 250 g/mol. The Bertz CT molecular complexity index is 355. The van der Waals surface area contributed by atoms with E-state index in [1.807, 2.05) is 6.26 Å². The van der Waals surface area contributed by atoms with Crippen LogP contribution in [0.15, 0.2) is 16.7 Å². The summed E-state index contributed by atoms with van der Waals surface area (Å²) < 4.78 is 5.58. The Morgan fingerprint density at radius 2 is 2.22 bits per heavy atom. The van der Waals surface area contributed by atoms with E-state index in [0.29, 0.717) is 6.04 Å². The van der Waals surface area contributed by atoms with Gasteiger partial charge < -0.3 is 9.73 Å². The predicted molar refractivity (Wildman–Crippen MR) is 74.4 cm³/mol. The average Bonchev–Trinajstić information content (AvgIpc) is 3.05. The van der Waals surface area contributed by atoms with Gasteiger partial charge in [0.05, 0.1) is 12.8 Å². The molecular weight excluding hydrogens is 224 g/mol. The summed E-state index contributed by atoms with van der Waals surface area (Å²) in [4.78, 5) is 2.57. The molecule has 3 heteroatoms. The van der Waals surface area contributed by atoms with Gasteiger partial charge in [0.1, 0.15) is 5.76 Å². The van der Waals surface area contributed by atoms with Crippen LogP contribution in [0.3, 0.4) is 0 Å². The predicted octanol–water partition coefficient (Wildman–Crippen LogP) is 3.01. The molecule has 102 valence electrons. The third-order valence-corrected chi connectivity index (χ3v) is 3.67. The minimum Gasteiger partial charge on any atom is -0.468 e. The lowest BCUT2D eigenvalue weighted by molar-refractivity contribution is 0.202. The first-order valence-corrected chi connectivity index (χ1v) is 7.20. The van der Waals surface area contributed by atoms with E-state index in [0.717, 1.165) is 31.3 Å². The summed E-state index contributed by atoms with van der Waals surface area (Å²) in [5, 5.41) is 3.33. The molecule has 1 heterocycles. The van der Waals surface area contributed by atoms with Crippen molar-refractivity contribution in [3.63, 3.8) is 0 Å². The maximum absolute atomic E-state index is 5.58. The van der Waals surface area contributed by atoms with Crippen molar-refractivity contribution in [3.05, 3.63) is 23.7 Å². The molecule has 0 aromatic carbocycles. The quantitative estimate of drug-likeness (QED) is 0.769. The van der Waals surface area contributed by atoms with E-state index in [2.05, 4.69) is 37.1 Å². The second-order valence-corrected chi connectivity index (χ2v) is 5.62. The fourth-order valence-corrected chi connectivity index (χ4v) is 2.21. The van der Waals surface area contributed by atoms with Gasteiger partial charge in [-0.2, -0.15) is 0 Å². The number of hydrogen-bond acceptors (Lipinski definition) is 3. The van der Waals surface area contributed by atoms with Gasteiger partial charge in [-0.3, -0.25) is 4.90 Å². The highest BCUT2D eigenvalue weighted by molar-refractivity contribution is 5.17. The zero-order valence-corrected chi connectivity index (χ0v) is 11.9. The van der Waals surface area contributed by atoms with Crippen molar-refractivity contribution in [1.82, 2.24) is 10.2 Å². The normalized spacial score (nSPS) is 15.8. The van der Waals surface area contributed by atoms with Crippen molar-refractivity contribution < 1.29 is 4.42 Å². The lowest BCUT2D eigenvalue weighted by atomic mass is 10.2. The van der Waals surface area contributed by atoms with Crippen LogP contribution in [0, 0.1) is 5.92 Å². The minimum atomic E-state index is 0.604. The number of hydrogen-bond donors (Lipinski definition) is 1. The van der Waals surface area contributed by atoms with E-state index in [1.165, 1.54) is 24.9 Å². The summed E-state index contributed by atoms with van der Waals surface area (Å²) in [5.41, 5.74) is 1.34. The van der Waals surface area contributed by atoms with Crippen LogP contribution in [-0.2, 0) is 13.1 Å². The maximum Gasteiger partial charge on any atom is 0.122 e. The van der Waals surface area contributed by atoms with E-state index in [-0.39, 0.29) is 0 Å². The van der Waals surface area contributed by atoms with Gasteiger partial charge in [0.2, 0.25) is 0 Å².